The fourth-order valence-electron chi connectivity index (χ4n) is 2.36. The first kappa shape index (κ1) is 12.2. The molecule has 0 N–H and O–H groups in total. The molecule has 2 aromatic heterocycles. The fourth-order valence-corrected chi connectivity index (χ4v) is 2.89. The lowest BCUT2D eigenvalue weighted by atomic mass is 9.91. The maximum absolute atomic E-state index is 4.78. The van der Waals surface area contributed by atoms with E-state index < -0.39 is 0 Å². The molecule has 0 bridgehead atoms. The van der Waals surface area contributed by atoms with E-state index in [0.717, 1.165) is 28.3 Å². The van der Waals surface area contributed by atoms with Crippen LogP contribution in [-0.4, -0.2) is 9.38 Å². The number of pyridine rings is 1. The molecule has 1 fully saturated rings. The maximum atomic E-state index is 4.78. The molecule has 0 spiro atoms. The zero-order chi connectivity index (χ0) is 12.9. The maximum Gasteiger partial charge on any atom is 0.138 e. The lowest BCUT2D eigenvalue weighted by molar-refractivity contribution is 0.406. The summed E-state index contributed by atoms with van der Waals surface area (Å²) in [5.41, 5.74) is 3.95. The van der Waals surface area contributed by atoms with Gasteiger partial charge in [0.05, 0.1) is 5.69 Å². The third-order valence-corrected chi connectivity index (χ3v) is 4.24. The first-order valence-electron chi connectivity index (χ1n) is 6.60. The molecule has 3 rings (SSSR count). The number of rotatable bonds is 2. The molecule has 18 heavy (non-hydrogen) atoms. The predicted octanol–water partition coefficient (Wildman–Crippen LogP) is 4.56. The number of halogens is 1. The van der Waals surface area contributed by atoms with Crippen LogP contribution >= 0.6 is 15.9 Å². The molecule has 0 saturated heterocycles. The number of imidazole rings is 1. The second-order valence-electron chi connectivity index (χ2n) is 6.55. The SMILES string of the molecule is CC(C)(C)Cc1nc2cc(C3CC3)ccn2c1Br. The second-order valence-corrected chi connectivity index (χ2v) is 7.30. The van der Waals surface area contributed by atoms with Crippen LogP contribution < -0.4 is 0 Å². The summed E-state index contributed by atoms with van der Waals surface area (Å²) >= 11 is 3.68. The van der Waals surface area contributed by atoms with Crippen LogP contribution in [0.3, 0.4) is 0 Å². The van der Waals surface area contributed by atoms with Crippen molar-refractivity contribution in [3.63, 3.8) is 0 Å². The first-order chi connectivity index (χ1) is 8.44. The highest BCUT2D eigenvalue weighted by molar-refractivity contribution is 9.10. The number of fused-ring (bicyclic) bond motifs is 1. The van der Waals surface area contributed by atoms with Gasteiger partial charge >= 0.3 is 0 Å². The first-order valence-corrected chi connectivity index (χ1v) is 7.40. The molecule has 0 radical (unpaired) electrons. The average Bonchev–Trinajstić information content (AvgIpc) is 3.05. The van der Waals surface area contributed by atoms with E-state index >= 15 is 0 Å². The third kappa shape index (κ3) is 2.33. The van der Waals surface area contributed by atoms with Crippen LogP contribution in [0.15, 0.2) is 22.9 Å². The molecule has 0 atom stereocenters. The Kier molecular flexibility index (Phi) is 2.77. The van der Waals surface area contributed by atoms with E-state index in [1.54, 1.807) is 0 Å². The van der Waals surface area contributed by atoms with Gasteiger partial charge in [-0.3, -0.25) is 4.40 Å². The van der Waals surface area contributed by atoms with Crippen LogP contribution in [0.1, 0.15) is 50.8 Å². The van der Waals surface area contributed by atoms with Crippen molar-refractivity contribution in [1.29, 1.82) is 0 Å². The minimum absolute atomic E-state index is 0.264. The van der Waals surface area contributed by atoms with Crippen LogP contribution in [-0.2, 0) is 6.42 Å². The molecule has 1 aliphatic rings. The van der Waals surface area contributed by atoms with Crippen molar-refractivity contribution < 1.29 is 0 Å². The molecule has 3 heteroatoms. The standard InChI is InChI=1S/C15H19BrN2/c1-15(2,3)9-12-14(16)18-7-6-11(10-4-5-10)8-13(18)17-12/h6-8,10H,4-5,9H2,1-3H3. The average molecular weight is 307 g/mol. The highest BCUT2D eigenvalue weighted by Crippen LogP contribution is 2.40. The third-order valence-electron chi connectivity index (χ3n) is 3.40. The summed E-state index contributed by atoms with van der Waals surface area (Å²) in [6.45, 7) is 6.75. The van der Waals surface area contributed by atoms with E-state index in [0.29, 0.717) is 0 Å². The van der Waals surface area contributed by atoms with Crippen molar-refractivity contribution in [2.24, 2.45) is 5.41 Å². The Morgan fingerprint density at radius 3 is 2.72 bits per heavy atom. The van der Waals surface area contributed by atoms with E-state index in [1.165, 1.54) is 18.4 Å². The van der Waals surface area contributed by atoms with Crippen molar-refractivity contribution >= 4 is 21.6 Å². The Labute approximate surface area is 117 Å². The fraction of sp³-hybridized carbons (Fsp3) is 0.533. The molecule has 0 aliphatic heterocycles. The van der Waals surface area contributed by atoms with Gasteiger partial charge in [-0.15, -0.1) is 0 Å². The largest absolute Gasteiger partial charge is 0.294 e. The summed E-state index contributed by atoms with van der Waals surface area (Å²) in [5, 5.41) is 0. The topological polar surface area (TPSA) is 17.3 Å². The Morgan fingerprint density at radius 1 is 1.39 bits per heavy atom. The van der Waals surface area contributed by atoms with Crippen LogP contribution in [0.25, 0.3) is 5.65 Å². The van der Waals surface area contributed by atoms with Crippen LogP contribution in [0, 0.1) is 5.41 Å². The van der Waals surface area contributed by atoms with Gasteiger partial charge in [0.25, 0.3) is 0 Å². The Balaban J connectivity index is 2.03. The molecule has 2 aromatic rings. The second kappa shape index (κ2) is 4.09. The van der Waals surface area contributed by atoms with Gasteiger partial charge in [0.2, 0.25) is 0 Å². The molecule has 96 valence electrons. The summed E-state index contributed by atoms with van der Waals surface area (Å²) < 4.78 is 3.25. The number of nitrogens with zero attached hydrogens (tertiary/aromatic N) is 2. The van der Waals surface area contributed by atoms with Gasteiger partial charge in [0, 0.05) is 6.20 Å². The highest BCUT2D eigenvalue weighted by Gasteiger charge is 2.24. The van der Waals surface area contributed by atoms with Gasteiger partial charge in [-0.25, -0.2) is 4.98 Å². The zero-order valence-electron chi connectivity index (χ0n) is 11.2. The summed E-state index contributed by atoms with van der Waals surface area (Å²) in [7, 11) is 0. The number of hydrogen-bond acceptors (Lipinski definition) is 1. The molecule has 1 saturated carbocycles. The van der Waals surface area contributed by atoms with Gasteiger partial charge in [0.1, 0.15) is 10.3 Å². The van der Waals surface area contributed by atoms with Gasteiger partial charge in [-0.2, -0.15) is 0 Å². The van der Waals surface area contributed by atoms with E-state index in [1.807, 2.05) is 0 Å². The van der Waals surface area contributed by atoms with Crippen molar-refractivity contribution in [1.82, 2.24) is 9.38 Å². The normalized spacial score (nSPS) is 16.4. The van der Waals surface area contributed by atoms with E-state index in [4.69, 9.17) is 4.98 Å². The van der Waals surface area contributed by atoms with Crippen molar-refractivity contribution in [3.8, 4) is 0 Å². The van der Waals surface area contributed by atoms with E-state index in [-0.39, 0.29) is 5.41 Å². The molecule has 0 amide bonds. The molecule has 2 nitrogen and oxygen atoms in total. The summed E-state index contributed by atoms with van der Waals surface area (Å²) in [6, 6.07) is 4.48. The Morgan fingerprint density at radius 2 is 2.11 bits per heavy atom. The molecule has 2 heterocycles. The number of aromatic nitrogens is 2. The quantitative estimate of drug-likeness (QED) is 0.795. The summed E-state index contributed by atoms with van der Waals surface area (Å²) in [4.78, 5) is 4.78. The minimum Gasteiger partial charge on any atom is -0.294 e. The molecular formula is C15H19BrN2. The van der Waals surface area contributed by atoms with Crippen LogP contribution in [0.4, 0.5) is 0 Å². The summed E-state index contributed by atoms with van der Waals surface area (Å²) in [6.07, 6.45) is 5.82. The lowest BCUT2D eigenvalue weighted by Crippen LogP contribution is -2.09. The Hall–Kier alpha value is -0.830. The molecule has 0 aromatic carbocycles. The monoisotopic (exact) mass is 306 g/mol. The van der Waals surface area contributed by atoms with Crippen molar-refractivity contribution in [3.05, 3.63) is 34.2 Å². The molecule has 1 aliphatic carbocycles. The van der Waals surface area contributed by atoms with Gasteiger partial charge in [-0.1, -0.05) is 20.8 Å². The predicted molar refractivity (Wildman–Crippen MR) is 78.0 cm³/mol. The molecular weight excluding hydrogens is 288 g/mol. The lowest BCUT2D eigenvalue weighted by Gasteiger charge is -2.16. The zero-order valence-corrected chi connectivity index (χ0v) is 12.8. The van der Waals surface area contributed by atoms with E-state index in [2.05, 4.69) is 59.4 Å². The molecule has 0 unspecified atom stereocenters. The van der Waals surface area contributed by atoms with Crippen molar-refractivity contribution in [2.45, 2.75) is 46.0 Å². The Bertz CT molecular complexity index is 588. The van der Waals surface area contributed by atoms with Gasteiger partial charge < -0.3 is 0 Å². The summed E-state index contributed by atoms with van der Waals surface area (Å²) in [5.74, 6) is 0.788. The highest BCUT2D eigenvalue weighted by atomic mass is 79.9. The van der Waals surface area contributed by atoms with Gasteiger partial charge in [-0.05, 0) is 64.2 Å². The van der Waals surface area contributed by atoms with Crippen LogP contribution in [0.2, 0.25) is 0 Å². The number of hydrogen-bond donors (Lipinski definition) is 0. The van der Waals surface area contributed by atoms with Crippen molar-refractivity contribution in [2.75, 3.05) is 0 Å². The van der Waals surface area contributed by atoms with Crippen LogP contribution in [0.5, 0.6) is 0 Å². The smallest absolute Gasteiger partial charge is 0.138 e. The van der Waals surface area contributed by atoms with Gasteiger partial charge in [0.15, 0.2) is 0 Å². The van der Waals surface area contributed by atoms with E-state index in [9.17, 15) is 0 Å². The minimum atomic E-state index is 0.264.